The molecule has 0 radical (unpaired) electrons. The molecule has 35 heavy (non-hydrogen) atoms. The molecule has 0 saturated heterocycles. The molecule has 184 valence electrons. The van der Waals surface area contributed by atoms with Crippen LogP contribution >= 0.6 is 0 Å². The molecule has 9 N–H and O–H groups in total. The Bertz CT molecular complexity index is 1590. The number of fused-ring (bicyclic) bond motifs is 1. The zero-order valence-corrected chi connectivity index (χ0v) is 19.9. The Labute approximate surface area is 201 Å². The number of sulfonamides is 2. The molecule has 0 amide bonds. The third-order valence-corrected chi connectivity index (χ3v) is 7.83. The minimum absolute atomic E-state index is 0.0170. The van der Waals surface area contributed by atoms with Crippen molar-refractivity contribution in [2.45, 2.75) is 15.8 Å². The lowest BCUT2D eigenvalue weighted by molar-refractivity contribution is 0.563. The van der Waals surface area contributed by atoms with Gasteiger partial charge in [0.05, 0.1) is 11.1 Å². The zero-order valence-electron chi connectivity index (χ0n) is 18.3. The van der Waals surface area contributed by atoms with Crippen molar-refractivity contribution in [1.82, 2.24) is 9.71 Å². The highest BCUT2D eigenvalue weighted by Crippen LogP contribution is 2.37. The number of benzene rings is 2. The van der Waals surface area contributed by atoms with Crippen LogP contribution in [-0.4, -0.2) is 53.5 Å². The second-order valence-corrected chi connectivity index (χ2v) is 10.9. The average molecular weight is 518 g/mol. The van der Waals surface area contributed by atoms with Crippen LogP contribution in [0.5, 0.6) is 0 Å². The topological polar surface area (TPSA) is 234 Å². The second-order valence-electron chi connectivity index (χ2n) is 7.69. The van der Waals surface area contributed by atoms with E-state index < -0.39 is 35.9 Å². The second kappa shape index (κ2) is 9.37. The molecule has 0 spiro atoms. The van der Waals surface area contributed by atoms with E-state index >= 15 is 0 Å². The van der Waals surface area contributed by atoms with Gasteiger partial charge in [0.15, 0.2) is 12.5 Å². The fourth-order valence-electron chi connectivity index (χ4n) is 3.62. The van der Waals surface area contributed by atoms with Gasteiger partial charge >= 0.3 is 0 Å². The van der Waals surface area contributed by atoms with Gasteiger partial charge in [0.25, 0.3) is 0 Å². The Morgan fingerprint density at radius 3 is 2.46 bits per heavy atom. The van der Waals surface area contributed by atoms with Gasteiger partial charge in [-0.2, -0.15) is 5.11 Å². The number of hydrogen-bond acceptors (Lipinski definition) is 11. The van der Waals surface area contributed by atoms with Crippen LogP contribution in [0.2, 0.25) is 0 Å². The van der Waals surface area contributed by atoms with Gasteiger partial charge in [-0.15, -0.1) is 5.11 Å². The number of amidine groups is 1. The highest BCUT2D eigenvalue weighted by molar-refractivity contribution is 7.92. The standard InChI is InChI=1S/C20H23N9O4S2/c21-8-12(22)9-27-35(32,33)15-6-5-13(14-3-1-2-11-4-7-16(23)28-18(11)14)17(19(15)34(24,30)31)20-25-10-26-29-20/h1-7,12,27H,8-10,21-22H2,(H2,23,28)(H2,24,30,31)/t12-/m0/s1. The van der Waals surface area contributed by atoms with E-state index in [1.165, 1.54) is 6.07 Å². The Kier molecular flexibility index (Phi) is 6.63. The third-order valence-electron chi connectivity index (χ3n) is 5.24. The Morgan fingerprint density at radius 2 is 1.80 bits per heavy atom. The maximum Gasteiger partial charge on any atom is 0.241 e. The number of pyridine rings is 1. The molecule has 0 unspecified atom stereocenters. The summed E-state index contributed by atoms with van der Waals surface area (Å²) in [5.41, 5.74) is 18.2. The number of hydrogen-bond donors (Lipinski definition) is 5. The van der Waals surface area contributed by atoms with Crippen LogP contribution in [0.4, 0.5) is 5.82 Å². The van der Waals surface area contributed by atoms with E-state index in [0.29, 0.717) is 11.1 Å². The molecule has 15 heteroatoms. The maximum atomic E-state index is 13.1. The average Bonchev–Trinajstić information content (AvgIpc) is 3.35. The van der Waals surface area contributed by atoms with Crippen LogP contribution < -0.4 is 27.1 Å². The van der Waals surface area contributed by atoms with Crippen molar-refractivity contribution in [1.29, 1.82) is 0 Å². The molecule has 0 aliphatic carbocycles. The number of para-hydroxylation sites is 1. The van der Waals surface area contributed by atoms with Gasteiger partial charge in [0.1, 0.15) is 15.6 Å². The van der Waals surface area contributed by atoms with Crippen molar-refractivity contribution in [2.24, 2.45) is 31.8 Å². The van der Waals surface area contributed by atoms with E-state index in [9.17, 15) is 16.8 Å². The normalized spacial score (nSPS) is 14.9. The number of nitrogens with one attached hydrogen (secondary N) is 1. The molecule has 2 aromatic carbocycles. The van der Waals surface area contributed by atoms with E-state index in [2.05, 4.69) is 24.9 Å². The molecule has 2 heterocycles. The van der Waals surface area contributed by atoms with Crippen molar-refractivity contribution in [3.8, 4) is 11.1 Å². The third kappa shape index (κ3) is 4.90. The van der Waals surface area contributed by atoms with Crippen LogP contribution in [0, 0.1) is 0 Å². The van der Waals surface area contributed by atoms with Gasteiger partial charge in [-0.3, -0.25) is 0 Å². The van der Waals surface area contributed by atoms with E-state index in [-0.39, 0.29) is 42.5 Å². The number of aliphatic imine (C=N–C) groups is 1. The molecule has 0 fully saturated rings. The number of primary sulfonamides is 1. The molecule has 13 nitrogen and oxygen atoms in total. The van der Waals surface area contributed by atoms with Crippen molar-refractivity contribution >= 4 is 42.6 Å². The summed E-state index contributed by atoms with van der Waals surface area (Å²) in [5.74, 6) is 0.163. The maximum absolute atomic E-state index is 13.1. The summed E-state index contributed by atoms with van der Waals surface area (Å²) in [6.07, 6.45) is 0. The van der Waals surface area contributed by atoms with Crippen molar-refractivity contribution in [3.63, 3.8) is 0 Å². The molecular weight excluding hydrogens is 494 g/mol. The lowest BCUT2D eigenvalue weighted by Crippen LogP contribution is -2.42. The Hall–Kier alpha value is -3.34. The van der Waals surface area contributed by atoms with Crippen molar-refractivity contribution in [3.05, 3.63) is 48.0 Å². The van der Waals surface area contributed by atoms with E-state index in [1.54, 1.807) is 24.3 Å². The summed E-state index contributed by atoms with van der Waals surface area (Å²) < 4.78 is 54.3. The van der Waals surface area contributed by atoms with Crippen molar-refractivity contribution < 1.29 is 16.8 Å². The molecular formula is C20H23N9O4S2. The predicted molar refractivity (Wildman–Crippen MR) is 131 cm³/mol. The number of nitrogens with zero attached hydrogens (tertiary/aromatic N) is 4. The molecule has 0 bridgehead atoms. The minimum Gasteiger partial charge on any atom is -0.384 e. The Morgan fingerprint density at radius 1 is 1.03 bits per heavy atom. The molecule has 1 aliphatic heterocycles. The lowest BCUT2D eigenvalue weighted by atomic mass is 9.96. The first-order valence-corrected chi connectivity index (χ1v) is 13.3. The van der Waals surface area contributed by atoms with Gasteiger partial charge in [0.2, 0.25) is 20.0 Å². The number of nitrogens with two attached hydrogens (primary N) is 4. The summed E-state index contributed by atoms with van der Waals surface area (Å²) >= 11 is 0. The first kappa shape index (κ1) is 24.8. The molecule has 1 aromatic heterocycles. The summed E-state index contributed by atoms with van der Waals surface area (Å²) in [6, 6.07) is 10.5. The van der Waals surface area contributed by atoms with Gasteiger partial charge in [-0.1, -0.05) is 24.3 Å². The summed E-state index contributed by atoms with van der Waals surface area (Å²) in [5, 5.41) is 14.0. The highest BCUT2D eigenvalue weighted by atomic mass is 32.2. The van der Waals surface area contributed by atoms with Crippen LogP contribution in [0.3, 0.4) is 0 Å². The highest BCUT2D eigenvalue weighted by Gasteiger charge is 2.33. The molecule has 0 saturated carbocycles. The number of aromatic nitrogens is 1. The fraction of sp³-hybridized carbons (Fsp3) is 0.200. The van der Waals surface area contributed by atoms with Crippen LogP contribution in [0.25, 0.3) is 22.0 Å². The van der Waals surface area contributed by atoms with Crippen LogP contribution in [0.15, 0.2) is 67.5 Å². The SMILES string of the molecule is NC[C@H](N)CNS(=O)(=O)c1ccc(-c2cccc3ccc(N)nc23)c(C2=NCN=N2)c1S(N)(=O)=O. The number of anilines is 1. The smallest absolute Gasteiger partial charge is 0.241 e. The molecule has 1 aliphatic rings. The fourth-order valence-corrected chi connectivity index (χ4v) is 6.31. The van der Waals surface area contributed by atoms with Gasteiger partial charge in [-0.05, 0) is 23.8 Å². The molecule has 1 atom stereocenters. The van der Waals surface area contributed by atoms with Gasteiger partial charge in [-0.25, -0.2) is 36.7 Å². The lowest BCUT2D eigenvalue weighted by Gasteiger charge is -2.18. The summed E-state index contributed by atoms with van der Waals surface area (Å²) in [4.78, 5) is 7.27. The largest absolute Gasteiger partial charge is 0.384 e. The monoisotopic (exact) mass is 517 g/mol. The van der Waals surface area contributed by atoms with E-state index in [4.69, 9.17) is 22.3 Å². The first-order chi connectivity index (χ1) is 16.5. The predicted octanol–water partition coefficient (Wildman–Crippen LogP) is -0.134. The summed E-state index contributed by atoms with van der Waals surface area (Å²) in [6.45, 7) is -0.254. The van der Waals surface area contributed by atoms with Crippen LogP contribution in [-0.2, 0) is 20.0 Å². The van der Waals surface area contributed by atoms with Crippen LogP contribution in [0.1, 0.15) is 5.56 Å². The van der Waals surface area contributed by atoms with E-state index in [1.807, 2.05) is 6.07 Å². The molecule has 3 aromatic rings. The summed E-state index contributed by atoms with van der Waals surface area (Å²) in [7, 11) is -9.01. The number of azo groups is 1. The Balaban J connectivity index is 2.07. The van der Waals surface area contributed by atoms with Gasteiger partial charge < -0.3 is 17.2 Å². The number of nitrogen functional groups attached to an aromatic ring is 1. The van der Waals surface area contributed by atoms with Gasteiger partial charge in [0, 0.05) is 30.1 Å². The quantitative estimate of drug-likeness (QED) is 0.269. The first-order valence-electron chi connectivity index (χ1n) is 10.3. The minimum atomic E-state index is -4.62. The van der Waals surface area contributed by atoms with Crippen molar-refractivity contribution in [2.75, 3.05) is 25.5 Å². The zero-order chi connectivity index (χ0) is 25.4. The van der Waals surface area contributed by atoms with E-state index in [0.717, 1.165) is 11.5 Å². The number of rotatable bonds is 8. The molecule has 4 rings (SSSR count).